The molecule has 0 bridgehead atoms. The molecule has 2 aromatic carbocycles. The van der Waals surface area contributed by atoms with Crippen LogP contribution >= 0.6 is 11.8 Å². The maximum absolute atomic E-state index is 13.3. The molecule has 5 heteroatoms. The van der Waals surface area contributed by atoms with Crippen LogP contribution in [-0.4, -0.2) is 9.55 Å². The van der Waals surface area contributed by atoms with Crippen molar-refractivity contribution in [3.63, 3.8) is 0 Å². The lowest BCUT2D eigenvalue weighted by atomic mass is 10.0. The average Bonchev–Trinajstić information content (AvgIpc) is 2.61. The van der Waals surface area contributed by atoms with E-state index in [2.05, 4.69) is 11.1 Å². The summed E-state index contributed by atoms with van der Waals surface area (Å²) in [6.07, 6.45) is 0.571. The number of rotatable bonds is 5. The minimum atomic E-state index is -0.255. The molecular formula is C21H21FN2OS. The summed E-state index contributed by atoms with van der Waals surface area (Å²) in [5.41, 5.74) is 4.58. The van der Waals surface area contributed by atoms with Gasteiger partial charge in [0.25, 0.3) is 5.56 Å². The molecule has 0 atom stereocenters. The number of benzene rings is 2. The Kier molecular flexibility index (Phi) is 5.57. The van der Waals surface area contributed by atoms with Crippen LogP contribution in [0.15, 0.2) is 58.5 Å². The highest BCUT2D eigenvalue weighted by Crippen LogP contribution is 2.21. The Bertz CT molecular complexity index is 998. The zero-order chi connectivity index (χ0) is 18.7. The highest BCUT2D eigenvalue weighted by Gasteiger charge is 2.13. The van der Waals surface area contributed by atoms with E-state index in [1.165, 1.54) is 29.5 Å². The number of aryl methyl sites for hydroxylation is 2. The molecule has 1 aromatic heterocycles. The van der Waals surface area contributed by atoms with Gasteiger partial charge in [-0.2, -0.15) is 0 Å². The van der Waals surface area contributed by atoms with Crippen molar-refractivity contribution < 1.29 is 4.39 Å². The quantitative estimate of drug-likeness (QED) is 0.494. The van der Waals surface area contributed by atoms with Gasteiger partial charge in [0.1, 0.15) is 5.82 Å². The van der Waals surface area contributed by atoms with E-state index >= 15 is 0 Å². The third kappa shape index (κ3) is 4.22. The van der Waals surface area contributed by atoms with Crippen molar-refractivity contribution in [2.45, 2.75) is 31.2 Å². The fraction of sp³-hybridized carbons (Fsp3) is 0.238. The minimum Gasteiger partial charge on any atom is -0.291 e. The first-order valence-corrected chi connectivity index (χ1v) is 9.42. The largest absolute Gasteiger partial charge is 0.291 e. The Labute approximate surface area is 156 Å². The zero-order valence-corrected chi connectivity index (χ0v) is 15.9. The molecule has 134 valence electrons. The van der Waals surface area contributed by atoms with E-state index in [-0.39, 0.29) is 11.4 Å². The second-order valence-corrected chi connectivity index (χ2v) is 7.35. The topological polar surface area (TPSA) is 34.9 Å². The fourth-order valence-corrected chi connectivity index (χ4v) is 3.82. The molecule has 0 N–H and O–H groups in total. The van der Waals surface area contributed by atoms with Crippen LogP contribution in [0.5, 0.6) is 0 Å². The van der Waals surface area contributed by atoms with E-state index in [0.29, 0.717) is 22.9 Å². The monoisotopic (exact) mass is 368 g/mol. The van der Waals surface area contributed by atoms with Crippen LogP contribution in [0.2, 0.25) is 0 Å². The first-order valence-electron chi connectivity index (χ1n) is 8.43. The average molecular weight is 368 g/mol. The molecule has 0 fully saturated rings. The third-order valence-electron chi connectivity index (χ3n) is 4.27. The SMILES string of the molecule is Cc1cccc(Cc2c(C)nc(SCc3cccc(F)c3)n(C)c2=O)c1. The van der Waals surface area contributed by atoms with E-state index in [1.54, 1.807) is 17.7 Å². The summed E-state index contributed by atoms with van der Waals surface area (Å²) in [6.45, 7) is 3.91. The van der Waals surface area contributed by atoms with Crippen LogP contribution in [0.4, 0.5) is 4.39 Å². The number of hydrogen-bond acceptors (Lipinski definition) is 3. The van der Waals surface area contributed by atoms with Crippen molar-refractivity contribution in [3.05, 3.63) is 92.6 Å². The van der Waals surface area contributed by atoms with Gasteiger partial charge in [0.15, 0.2) is 5.16 Å². The Balaban J connectivity index is 1.84. The molecule has 0 aliphatic heterocycles. The van der Waals surface area contributed by atoms with E-state index in [9.17, 15) is 9.18 Å². The molecule has 3 rings (SSSR count). The van der Waals surface area contributed by atoms with Crippen molar-refractivity contribution in [2.24, 2.45) is 7.05 Å². The van der Waals surface area contributed by atoms with Crippen LogP contribution in [0.3, 0.4) is 0 Å². The van der Waals surface area contributed by atoms with Gasteiger partial charge in [-0.05, 0) is 37.1 Å². The molecule has 3 nitrogen and oxygen atoms in total. The minimum absolute atomic E-state index is 0.0271. The van der Waals surface area contributed by atoms with Crippen molar-refractivity contribution >= 4 is 11.8 Å². The van der Waals surface area contributed by atoms with Crippen molar-refractivity contribution in [3.8, 4) is 0 Å². The van der Waals surface area contributed by atoms with Gasteiger partial charge >= 0.3 is 0 Å². The molecule has 0 aliphatic carbocycles. The maximum atomic E-state index is 13.3. The third-order valence-corrected chi connectivity index (χ3v) is 5.37. The van der Waals surface area contributed by atoms with Crippen molar-refractivity contribution in [1.29, 1.82) is 0 Å². The van der Waals surface area contributed by atoms with Crippen molar-refractivity contribution in [1.82, 2.24) is 9.55 Å². The van der Waals surface area contributed by atoms with Crippen LogP contribution in [0.25, 0.3) is 0 Å². The van der Waals surface area contributed by atoms with E-state index in [0.717, 1.165) is 16.8 Å². The Morgan fingerprint density at radius 3 is 2.54 bits per heavy atom. The predicted molar refractivity (Wildman–Crippen MR) is 104 cm³/mol. The summed E-state index contributed by atoms with van der Waals surface area (Å²) < 4.78 is 14.9. The van der Waals surface area contributed by atoms with E-state index < -0.39 is 0 Å². The molecule has 0 saturated heterocycles. The van der Waals surface area contributed by atoms with E-state index in [4.69, 9.17) is 0 Å². The Morgan fingerprint density at radius 1 is 1.08 bits per heavy atom. The lowest BCUT2D eigenvalue weighted by molar-refractivity contribution is 0.626. The molecule has 0 radical (unpaired) electrons. The summed E-state index contributed by atoms with van der Waals surface area (Å²) >= 11 is 1.44. The van der Waals surface area contributed by atoms with Crippen LogP contribution in [-0.2, 0) is 19.2 Å². The molecule has 1 heterocycles. The van der Waals surface area contributed by atoms with Gasteiger partial charge in [0.2, 0.25) is 0 Å². The number of halogens is 1. The molecule has 0 aliphatic rings. The Hall–Kier alpha value is -2.40. The van der Waals surface area contributed by atoms with Crippen LogP contribution in [0, 0.1) is 19.7 Å². The molecule has 0 spiro atoms. The molecule has 3 aromatic rings. The standard InChI is InChI=1S/C21H21FN2OS/c1-14-6-4-7-16(10-14)12-19-15(2)23-21(24(3)20(19)25)26-13-17-8-5-9-18(22)11-17/h4-11H,12-13H2,1-3H3. The molecular weight excluding hydrogens is 347 g/mol. The Morgan fingerprint density at radius 2 is 1.81 bits per heavy atom. The predicted octanol–water partition coefficient (Wildman–Crippen LogP) is 4.42. The highest BCUT2D eigenvalue weighted by molar-refractivity contribution is 7.98. The molecule has 26 heavy (non-hydrogen) atoms. The van der Waals surface area contributed by atoms with Crippen LogP contribution < -0.4 is 5.56 Å². The second kappa shape index (κ2) is 7.87. The summed E-state index contributed by atoms with van der Waals surface area (Å²) in [6, 6.07) is 14.6. The van der Waals surface area contributed by atoms with Gasteiger partial charge in [-0.15, -0.1) is 0 Å². The zero-order valence-electron chi connectivity index (χ0n) is 15.1. The molecule has 0 saturated carbocycles. The number of thioether (sulfide) groups is 1. The van der Waals surface area contributed by atoms with Crippen LogP contribution in [0.1, 0.15) is 27.9 Å². The van der Waals surface area contributed by atoms with Gasteiger partial charge < -0.3 is 0 Å². The smallest absolute Gasteiger partial charge is 0.257 e. The summed E-state index contributed by atoms with van der Waals surface area (Å²) in [5, 5.41) is 0.643. The number of hydrogen-bond donors (Lipinski definition) is 0. The van der Waals surface area contributed by atoms with Gasteiger partial charge in [-0.25, -0.2) is 9.37 Å². The normalized spacial score (nSPS) is 10.9. The number of aromatic nitrogens is 2. The first-order chi connectivity index (χ1) is 12.4. The summed E-state index contributed by atoms with van der Waals surface area (Å²) in [4.78, 5) is 17.4. The number of nitrogens with zero attached hydrogens (tertiary/aromatic N) is 2. The van der Waals surface area contributed by atoms with Gasteiger partial charge in [0, 0.05) is 30.5 Å². The van der Waals surface area contributed by atoms with E-state index in [1.807, 2.05) is 38.1 Å². The lowest BCUT2D eigenvalue weighted by Crippen LogP contribution is -2.25. The van der Waals surface area contributed by atoms with Gasteiger partial charge in [0.05, 0.1) is 0 Å². The molecule has 0 amide bonds. The second-order valence-electron chi connectivity index (χ2n) is 6.41. The summed E-state index contributed by atoms with van der Waals surface area (Å²) in [7, 11) is 1.74. The van der Waals surface area contributed by atoms with Gasteiger partial charge in [-0.3, -0.25) is 9.36 Å². The fourth-order valence-electron chi connectivity index (χ4n) is 2.86. The first kappa shape index (κ1) is 18.4. The maximum Gasteiger partial charge on any atom is 0.257 e. The van der Waals surface area contributed by atoms with Gasteiger partial charge in [-0.1, -0.05) is 53.7 Å². The summed E-state index contributed by atoms with van der Waals surface area (Å²) in [5.74, 6) is 0.309. The molecule has 0 unspecified atom stereocenters. The highest BCUT2D eigenvalue weighted by atomic mass is 32.2. The van der Waals surface area contributed by atoms with Crippen molar-refractivity contribution in [2.75, 3.05) is 0 Å². The lowest BCUT2D eigenvalue weighted by Gasteiger charge is -2.12.